The van der Waals surface area contributed by atoms with Crippen molar-refractivity contribution in [2.75, 3.05) is 31.1 Å². The van der Waals surface area contributed by atoms with Gasteiger partial charge in [0.1, 0.15) is 24.7 Å². The number of nitrogens with zero attached hydrogens (tertiary/aromatic N) is 1. The summed E-state index contributed by atoms with van der Waals surface area (Å²) in [5, 5.41) is 3.16. The number of hydrogen-bond acceptors (Lipinski definition) is 5. The first-order valence-corrected chi connectivity index (χ1v) is 12.9. The summed E-state index contributed by atoms with van der Waals surface area (Å²) in [5.41, 5.74) is 1.34. The van der Waals surface area contributed by atoms with Gasteiger partial charge in [-0.1, -0.05) is 41.4 Å². The van der Waals surface area contributed by atoms with Gasteiger partial charge in [0.2, 0.25) is 5.91 Å². The molecule has 0 radical (unpaired) electrons. The average molecular weight is 568 g/mol. The number of aryl methyl sites for hydroxylation is 1. The minimum atomic E-state index is -4.05. The third kappa shape index (κ3) is 6.43. The molecule has 0 saturated carbocycles. The van der Waals surface area contributed by atoms with Gasteiger partial charge in [0.15, 0.2) is 0 Å². The highest BCUT2D eigenvalue weighted by Crippen LogP contribution is 2.30. The summed E-state index contributed by atoms with van der Waals surface area (Å²) in [4.78, 5) is 12.7. The van der Waals surface area contributed by atoms with Crippen molar-refractivity contribution >= 4 is 49.1 Å². The van der Waals surface area contributed by atoms with E-state index in [0.29, 0.717) is 26.7 Å². The van der Waals surface area contributed by atoms with Crippen LogP contribution in [0.15, 0.2) is 76.1 Å². The number of hydrogen-bond donors (Lipinski definition) is 1. The number of para-hydroxylation sites is 1. The van der Waals surface area contributed by atoms with Crippen LogP contribution in [0.2, 0.25) is 5.02 Å². The molecular formula is C24H24BrClN2O5S. The minimum Gasteiger partial charge on any atom is -0.496 e. The normalized spacial score (nSPS) is 11.1. The molecule has 0 aliphatic heterocycles. The van der Waals surface area contributed by atoms with E-state index in [1.54, 1.807) is 54.6 Å². The zero-order valence-electron chi connectivity index (χ0n) is 18.6. The predicted octanol–water partition coefficient (Wildman–Crippen LogP) is 4.81. The van der Waals surface area contributed by atoms with Crippen molar-refractivity contribution in [3.8, 4) is 11.5 Å². The van der Waals surface area contributed by atoms with Crippen LogP contribution in [0.4, 0.5) is 5.69 Å². The lowest BCUT2D eigenvalue weighted by atomic mass is 10.2. The molecule has 180 valence electrons. The number of methoxy groups -OCH3 is 1. The molecule has 0 fully saturated rings. The molecule has 0 heterocycles. The number of nitrogens with one attached hydrogen (secondary N) is 1. The molecular weight excluding hydrogens is 544 g/mol. The van der Waals surface area contributed by atoms with E-state index >= 15 is 0 Å². The smallest absolute Gasteiger partial charge is 0.264 e. The van der Waals surface area contributed by atoms with Crippen LogP contribution < -0.4 is 19.1 Å². The van der Waals surface area contributed by atoms with E-state index in [0.717, 1.165) is 9.87 Å². The number of sulfonamides is 1. The Bertz CT molecular complexity index is 1250. The number of halogens is 2. The summed E-state index contributed by atoms with van der Waals surface area (Å²) in [6.07, 6.45) is 0. The van der Waals surface area contributed by atoms with E-state index in [-0.39, 0.29) is 18.0 Å². The summed E-state index contributed by atoms with van der Waals surface area (Å²) in [7, 11) is -2.56. The van der Waals surface area contributed by atoms with Gasteiger partial charge in [-0.05, 0) is 65.3 Å². The van der Waals surface area contributed by atoms with Gasteiger partial charge in [-0.25, -0.2) is 8.42 Å². The maximum absolute atomic E-state index is 13.5. The number of carbonyl (C=O) groups is 1. The molecule has 3 aromatic rings. The molecule has 0 atom stereocenters. The van der Waals surface area contributed by atoms with Gasteiger partial charge < -0.3 is 14.8 Å². The quantitative estimate of drug-likeness (QED) is 0.356. The number of rotatable bonds is 10. The summed E-state index contributed by atoms with van der Waals surface area (Å²) in [6, 6.07) is 18.4. The lowest BCUT2D eigenvalue weighted by Gasteiger charge is -2.24. The van der Waals surface area contributed by atoms with Gasteiger partial charge in [0.25, 0.3) is 10.0 Å². The van der Waals surface area contributed by atoms with Gasteiger partial charge in [-0.2, -0.15) is 0 Å². The molecule has 1 amide bonds. The number of ether oxygens (including phenoxy) is 2. The molecule has 10 heteroatoms. The van der Waals surface area contributed by atoms with E-state index in [9.17, 15) is 13.2 Å². The zero-order chi connectivity index (χ0) is 24.7. The van der Waals surface area contributed by atoms with Gasteiger partial charge in [-0.15, -0.1) is 0 Å². The molecule has 3 rings (SSSR count). The van der Waals surface area contributed by atoms with Crippen molar-refractivity contribution in [3.05, 3.63) is 81.8 Å². The highest BCUT2D eigenvalue weighted by Gasteiger charge is 2.28. The second-order valence-corrected chi connectivity index (χ2v) is 10.4. The Morgan fingerprint density at radius 1 is 1.06 bits per heavy atom. The Kier molecular flexibility index (Phi) is 8.82. The van der Waals surface area contributed by atoms with Gasteiger partial charge in [-0.3, -0.25) is 9.10 Å². The Labute approximate surface area is 212 Å². The monoisotopic (exact) mass is 566 g/mol. The highest BCUT2D eigenvalue weighted by molar-refractivity contribution is 9.10. The number of amides is 1. The van der Waals surface area contributed by atoms with E-state index in [1.165, 1.54) is 19.2 Å². The molecule has 0 unspecified atom stereocenters. The van der Waals surface area contributed by atoms with Crippen LogP contribution in [0.25, 0.3) is 0 Å². The molecule has 0 aromatic heterocycles. The fourth-order valence-electron chi connectivity index (χ4n) is 3.06. The third-order valence-electron chi connectivity index (χ3n) is 4.84. The van der Waals surface area contributed by atoms with E-state index in [4.69, 9.17) is 21.1 Å². The fourth-order valence-corrected chi connectivity index (χ4v) is 5.39. The van der Waals surface area contributed by atoms with Gasteiger partial charge >= 0.3 is 0 Å². The zero-order valence-corrected chi connectivity index (χ0v) is 21.8. The maximum Gasteiger partial charge on any atom is 0.264 e. The van der Waals surface area contributed by atoms with Crippen LogP contribution in [-0.2, 0) is 14.8 Å². The van der Waals surface area contributed by atoms with Gasteiger partial charge in [0.05, 0.1) is 33.7 Å². The summed E-state index contributed by atoms with van der Waals surface area (Å²) in [5.74, 6) is 0.531. The van der Waals surface area contributed by atoms with Crippen LogP contribution in [0.1, 0.15) is 5.56 Å². The molecule has 3 aromatic carbocycles. The van der Waals surface area contributed by atoms with Gasteiger partial charge in [0, 0.05) is 0 Å². The van der Waals surface area contributed by atoms with Crippen LogP contribution in [0.5, 0.6) is 11.5 Å². The van der Waals surface area contributed by atoms with Crippen molar-refractivity contribution in [2.24, 2.45) is 0 Å². The Morgan fingerprint density at radius 2 is 1.76 bits per heavy atom. The fraction of sp³-hybridized carbons (Fsp3) is 0.208. The Hall–Kier alpha value is -2.75. The van der Waals surface area contributed by atoms with Crippen LogP contribution in [0, 0.1) is 6.92 Å². The Morgan fingerprint density at radius 3 is 2.41 bits per heavy atom. The van der Waals surface area contributed by atoms with Crippen LogP contribution in [0.3, 0.4) is 0 Å². The van der Waals surface area contributed by atoms with Crippen LogP contribution >= 0.6 is 27.5 Å². The van der Waals surface area contributed by atoms with Crippen molar-refractivity contribution in [1.29, 1.82) is 0 Å². The topological polar surface area (TPSA) is 84.9 Å². The summed E-state index contributed by atoms with van der Waals surface area (Å²) < 4.78 is 39.3. The second-order valence-electron chi connectivity index (χ2n) is 7.27. The van der Waals surface area contributed by atoms with Crippen molar-refractivity contribution < 1.29 is 22.7 Å². The standard InChI is InChI=1S/C24H24BrClN2O5S/c1-17-7-9-18(10-8-17)28(34(30,31)19-11-12-22(32-2)20(25)15-19)16-24(29)27-13-14-33-23-6-4-3-5-21(23)26/h3-12,15H,13-14,16H2,1-2H3,(H,27,29). The third-order valence-corrected chi connectivity index (χ3v) is 7.54. The predicted molar refractivity (Wildman–Crippen MR) is 136 cm³/mol. The average Bonchev–Trinajstić information content (AvgIpc) is 2.82. The Balaban J connectivity index is 1.75. The molecule has 34 heavy (non-hydrogen) atoms. The minimum absolute atomic E-state index is 0.0237. The largest absolute Gasteiger partial charge is 0.496 e. The molecule has 0 aliphatic rings. The highest BCUT2D eigenvalue weighted by atomic mass is 79.9. The number of carbonyl (C=O) groups excluding carboxylic acids is 1. The first-order chi connectivity index (χ1) is 16.2. The molecule has 0 bridgehead atoms. The first kappa shape index (κ1) is 25.9. The lowest BCUT2D eigenvalue weighted by molar-refractivity contribution is -0.119. The van der Waals surface area contributed by atoms with E-state index in [2.05, 4.69) is 21.2 Å². The molecule has 7 nitrogen and oxygen atoms in total. The van der Waals surface area contributed by atoms with Crippen molar-refractivity contribution in [1.82, 2.24) is 5.32 Å². The second kappa shape index (κ2) is 11.6. The lowest BCUT2D eigenvalue weighted by Crippen LogP contribution is -2.42. The maximum atomic E-state index is 13.5. The van der Waals surface area contributed by atoms with Crippen LogP contribution in [-0.4, -0.2) is 41.1 Å². The summed E-state index contributed by atoms with van der Waals surface area (Å²) >= 11 is 9.38. The SMILES string of the molecule is COc1ccc(S(=O)(=O)N(CC(=O)NCCOc2ccccc2Cl)c2ccc(C)cc2)cc1Br. The molecule has 0 spiro atoms. The number of benzene rings is 3. The van der Waals surface area contributed by atoms with Crippen molar-refractivity contribution in [3.63, 3.8) is 0 Å². The summed E-state index contributed by atoms with van der Waals surface area (Å²) in [6.45, 7) is 1.86. The molecule has 0 saturated heterocycles. The number of anilines is 1. The van der Waals surface area contributed by atoms with E-state index in [1.807, 2.05) is 6.92 Å². The first-order valence-electron chi connectivity index (χ1n) is 10.3. The molecule has 1 N–H and O–H groups in total. The molecule has 0 aliphatic carbocycles. The van der Waals surface area contributed by atoms with E-state index < -0.39 is 22.5 Å². The van der Waals surface area contributed by atoms with Crippen molar-refractivity contribution in [2.45, 2.75) is 11.8 Å².